The molecule has 3 rings (SSSR count). The minimum atomic E-state index is 0.0819. The first-order valence-corrected chi connectivity index (χ1v) is 9.73. The molecule has 3 aliphatic rings. The lowest BCUT2D eigenvalue weighted by molar-refractivity contribution is 0.165. The molecule has 2 aliphatic heterocycles. The number of nitrogens with zero attached hydrogens (tertiary/aromatic N) is 3. The standard InChI is InChI=1S/C18H34N4O2/c1-20-7-4-8-21(10-9-20)11-15-12-22(13-16(15)14-23)18(24)19-17-5-2-3-6-17/h15-17,23H,2-14H2,1H3,(H,19,24)/t15-,16-/m1/s1. The van der Waals surface area contributed by atoms with Crippen molar-refractivity contribution in [3.05, 3.63) is 0 Å². The zero-order valence-electron chi connectivity index (χ0n) is 15.1. The lowest BCUT2D eigenvalue weighted by atomic mass is 9.96. The zero-order chi connectivity index (χ0) is 16.9. The molecule has 6 nitrogen and oxygen atoms in total. The first kappa shape index (κ1) is 18.0. The maximum atomic E-state index is 12.5. The highest BCUT2D eigenvalue weighted by molar-refractivity contribution is 5.75. The second-order valence-corrected chi connectivity index (χ2v) is 8.00. The number of likely N-dealkylation sites (tertiary alicyclic amines) is 1. The number of carbonyl (C=O) groups excluding carboxylic acids is 1. The number of hydrogen-bond acceptors (Lipinski definition) is 4. The predicted molar refractivity (Wildman–Crippen MR) is 95.0 cm³/mol. The van der Waals surface area contributed by atoms with Crippen molar-refractivity contribution in [2.75, 3.05) is 59.5 Å². The average molecular weight is 338 g/mol. The SMILES string of the molecule is CN1CCCN(C[C@@H]2CN(C(=O)NC3CCCC3)C[C@@H]2CO)CC1. The fourth-order valence-electron chi connectivity index (χ4n) is 4.47. The van der Waals surface area contributed by atoms with E-state index in [4.69, 9.17) is 0 Å². The second-order valence-electron chi connectivity index (χ2n) is 8.00. The Morgan fingerprint density at radius 3 is 2.54 bits per heavy atom. The van der Waals surface area contributed by atoms with Crippen LogP contribution in [0.3, 0.4) is 0 Å². The van der Waals surface area contributed by atoms with E-state index in [0.717, 1.165) is 45.6 Å². The quantitative estimate of drug-likeness (QED) is 0.797. The Balaban J connectivity index is 1.50. The van der Waals surface area contributed by atoms with Crippen LogP contribution in [-0.4, -0.2) is 91.3 Å². The number of nitrogens with one attached hydrogen (secondary N) is 1. The van der Waals surface area contributed by atoms with Crippen molar-refractivity contribution in [3.63, 3.8) is 0 Å². The summed E-state index contributed by atoms with van der Waals surface area (Å²) in [7, 11) is 2.19. The van der Waals surface area contributed by atoms with E-state index in [1.165, 1.54) is 25.8 Å². The van der Waals surface area contributed by atoms with Crippen molar-refractivity contribution < 1.29 is 9.90 Å². The van der Waals surface area contributed by atoms with Gasteiger partial charge in [-0.15, -0.1) is 0 Å². The smallest absolute Gasteiger partial charge is 0.317 e. The molecular formula is C18H34N4O2. The van der Waals surface area contributed by atoms with Crippen LogP contribution >= 0.6 is 0 Å². The van der Waals surface area contributed by atoms with Crippen LogP contribution in [0.4, 0.5) is 4.79 Å². The number of hydrogen-bond donors (Lipinski definition) is 2. The third kappa shape index (κ3) is 4.61. The first-order chi connectivity index (χ1) is 11.7. The van der Waals surface area contributed by atoms with E-state index in [9.17, 15) is 9.90 Å². The van der Waals surface area contributed by atoms with Crippen molar-refractivity contribution in [1.29, 1.82) is 0 Å². The first-order valence-electron chi connectivity index (χ1n) is 9.73. The van der Waals surface area contributed by atoms with E-state index >= 15 is 0 Å². The molecule has 0 aromatic heterocycles. The molecule has 24 heavy (non-hydrogen) atoms. The Labute approximate surface area is 146 Å². The molecule has 2 atom stereocenters. The van der Waals surface area contributed by atoms with E-state index in [0.29, 0.717) is 18.5 Å². The summed E-state index contributed by atoms with van der Waals surface area (Å²) in [5.41, 5.74) is 0. The van der Waals surface area contributed by atoms with Crippen LogP contribution in [0, 0.1) is 11.8 Å². The maximum absolute atomic E-state index is 12.5. The van der Waals surface area contributed by atoms with Gasteiger partial charge in [-0.05, 0) is 45.3 Å². The summed E-state index contributed by atoms with van der Waals surface area (Å²) in [4.78, 5) is 19.4. The summed E-state index contributed by atoms with van der Waals surface area (Å²) in [6, 6.07) is 0.448. The summed E-state index contributed by atoms with van der Waals surface area (Å²) in [5.74, 6) is 0.619. The topological polar surface area (TPSA) is 59.0 Å². The maximum Gasteiger partial charge on any atom is 0.317 e. The number of aliphatic hydroxyl groups is 1. The largest absolute Gasteiger partial charge is 0.396 e. The molecule has 2 N–H and O–H groups in total. The molecule has 0 bridgehead atoms. The normalized spacial score (nSPS) is 30.7. The average Bonchev–Trinajstić information content (AvgIpc) is 3.17. The molecule has 0 spiro atoms. The van der Waals surface area contributed by atoms with Gasteiger partial charge in [-0.25, -0.2) is 4.79 Å². The minimum absolute atomic E-state index is 0.0819. The Kier molecular flexibility index (Phi) is 6.36. The van der Waals surface area contributed by atoms with E-state index < -0.39 is 0 Å². The molecule has 3 fully saturated rings. The summed E-state index contributed by atoms with van der Waals surface area (Å²) in [5, 5.41) is 13.0. The fraction of sp³-hybridized carbons (Fsp3) is 0.944. The molecule has 1 saturated carbocycles. The fourth-order valence-corrected chi connectivity index (χ4v) is 4.47. The highest BCUT2D eigenvalue weighted by Gasteiger charge is 2.36. The van der Waals surface area contributed by atoms with Gasteiger partial charge in [-0.2, -0.15) is 0 Å². The Hall–Kier alpha value is -0.850. The van der Waals surface area contributed by atoms with E-state index in [2.05, 4.69) is 22.2 Å². The number of rotatable bonds is 4. The van der Waals surface area contributed by atoms with Crippen molar-refractivity contribution >= 4 is 6.03 Å². The van der Waals surface area contributed by atoms with Gasteiger partial charge in [-0.1, -0.05) is 12.8 Å². The van der Waals surface area contributed by atoms with Gasteiger partial charge in [0.1, 0.15) is 0 Å². The van der Waals surface area contributed by atoms with Crippen LogP contribution in [0.1, 0.15) is 32.1 Å². The van der Waals surface area contributed by atoms with Gasteiger partial charge in [-0.3, -0.25) is 0 Å². The zero-order valence-corrected chi connectivity index (χ0v) is 15.1. The molecule has 0 radical (unpaired) electrons. The van der Waals surface area contributed by atoms with Gasteiger partial charge in [0.15, 0.2) is 0 Å². The summed E-state index contributed by atoms with van der Waals surface area (Å²) in [6.07, 6.45) is 5.91. The lowest BCUT2D eigenvalue weighted by Gasteiger charge is -2.26. The van der Waals surface area contributed by atoms with Gasteiger partial charge >= 0.3 is 6.03 Å². The number of carbonyl (C=O) groups is 1. The number of aliphatic hydroxyl groups excluding tert-OH is 1. The van der Waals surface area contributed by atoms with E-state index in [1.807, 2.05) is 4.90 Å². The van der Waals surface area contributed by atoms with Crippen molar-refractivity contribution in [2.45, 2.75) is 38.1 Å². The Morgan fingerprint density at radius 1 is 1.04 bits per heavy atom. The van der Waals surface area contributed by atoms with Crippen LogP contribution in [0.25, 0.3) is 0 Å². The summed E-state index contributed by atoms with van der Waals surface area (Å²) in [6.45, 7) is 7.19. The van der Waals surface area contributed by atoms with Gasteiger partial charge in [0.2, 0.25) is 0 Å². The molecule has 1 aliphatic carbocycles. The Morgan fingerprint density at radius 2 is 1.79 bits per heavy atom. The second kappa shape index (κ2) is 8.50. The van der Waals surface area contributed by atoms with E-state index in [1.54, 1.807) is 0 Å². The molecule has 2 amide bonds. The third-order valence-electron chi connectivity index (χ3n) is 6.09. The molecule has 0 unspecified atom stereocenters. The van der Waals surface area contributed by atoms with Gasteiger partial charge < -0.3 is 25.1 Å². The molecule has 2 heterocycles. The lowest BCUT2D eigenvalue weighted by Crippen LogP contribution is -2.43. The third-order valence-corrected chi connectivity index (χ3v) is 6.09. The minimum Gasteiger partial charge on any atom is -0.396 e. The monoisotopic (exact) mass is 338 g/mol. The number of urea groups is 1. The Bertz CT molecular complexity index is 414. The summed E-state index contributed by atoms with van der Waals surface area (Å²) < 4.78 is 0. The number of likely N-dealkylation sites (N-methyl/N-ethyl adjacent to an activating group) is 1. The van der Waals surface area contributed by atoms with Gasteiger partial charge in [0, 0.05) is 51.3 Å². The van der Waals surface area contributed by atoms with Crippen LogP contribution in [0.5, 0.6) is 0 Å². The number of amides is 2. The van der Waals surface area contributed by atoms with Crippen LogP contribution < -0.4 is 5.32 Å². The highest BCUT2D eigenvalue weighted by atomic mass is 16.3. The van der Waals surface area contributed by atoms with Crippen LogP contribution in [0.15, 0.2) is 0 Å². The summed E-state index contributed by atoms with van der Waals surface area (Å²) >= 11 is 0. The molecule has 6 heteroatoms. The predicted octanol–water partition coefficient (Wildman–Crippen LogP) is 0.816. The van der Waals surface area contributed by atoms with Crippen molar-refractivity contribution in [3.8, 4) is 0 Å². The van der Waals surface area contributed by atoms with Gasteiger partial charge in [0.05, 0.1) is 0 Å². The van der Waals surface area contributed by atoms with Crippen LogP contribution in [-0.2, 0) is 0 Å². The van der Waals surface area contributed by atoms with Gasteiger partial charge in [0.25, 0.3) is 0 Å². The molecule has 0 aromatic carbocycles. The molecular weight excluding hydrogens is 304 g/mol. The van der Waals surface area contributed by atoms with Crippen molar-refractivity contribution in [2.24, 2.45) is 11.8 Å². The van der Waals surface area contributed by atoms with Crippen LogP contribution in [0.2, 0.25) is 0 Å². The molecule has 2 saturated heterocycles. The van der Waals surface area contributed by atoms with Crippen molar-refractivity contribution in [1.82, 2.24) is 20.0 Å². The molecule has 138 valence electrons. The highest BCUT2D eigenvalue weighted by Crippen LogP contribution is 2.25. The van der Waals surface area contributed by atoms with E-state index in [-0.39, 0.29) is 18.6 Å². The molecule has 0 aromatic rings.